The number of nitrogens with one attached hydrogen (secondary N) is 1. The molecule has 0 saturated heterocycles. The van der Waals surface area contributed by atoms with Crippen LogP contribution in [0.25, 0.3) is 10.9 Å². The number of pyridine rings is 1. The second kappa shape index (κ2) is 10.4. The summed E-state index contributed by atoms with van der Waals surface area (Å²) in [6, 6.07) is 4.66. The number of rotatable bonds is 9. The monoisotopic (exact) mass is 505 g/mol. The van der Waals surface area contributed by atoms with E-state index in [4.69, 9.17) is 15.2 Å². The molecule has 2 heterocycles. The molecule has 0 aliphatic carbocycles. The van der Waals surface area contributed by atoms with Gasteiger partial charge in [-0.3, -0.25) is 0 Å². The average molecular weight is 505 g/mol. The number of nitrogen functional groups attached to an aromatic ring is 1. The van der Waals surface area contributed by atoms with E-state index in [9.17, 15) is 26.3 Å². The third kappa shape index (κ3) is 7.21. The largest absolute Gasteiger partial charge is 0.493 e. The van der Waals surface area contributed by atoms with Crippen molar-refractivity contribution in [1.29, 1.82) is 0 Å². The molecule has 1 aromatic carbocycles. The van der Waals surface area contributed by atoms with Gasteiger partial charge in [0, 0.05) is 11.5 Å². The van der Waals surface area contributed by atoms with Crippen LogP contribution in [0.5, 0.6) is 11.5 Å². The lowest BCUT2D eigenvalue weighted by Crippen LogP contribution is -2.19. The maximum absolute atomic E-state index is 13.1. The summed E-state index contributed by atoms with van der Waals surface area (Å²) in [5, 5.41) is 3.36. The van der Waals surface area contributed by atoms with E-state index in [1.54, 1.807) is 13.0 Å². The van der Waals surface area contributed by atoms with Gasteiger partial charge in [-0.05, 0) is 25.1 Å². The summed E-state index contributed by atoms with van der Waals surface area (Å²) in [5.74, 6) is 0.810. The Morgan fingerprint density at radius 2 is 1.69 bits per heavy atom. The highest BCUT2D eigenvalue weighted by Gasteiger charge is 2.31. The van der Waals surface area contributed by atoms with Crippen molar-refractivity contribution in [3.05, 3.63) is 41.3 Å². The third-order valence-corrected chi connectivity index (χ3v) is 4.51. The molecule has 0 spiro atoms. The summed E-state index contributed by atoms with van der Waals surface area (Å²) in [6.45, 7) is -0.423. The number of nitrogens with two attached hydrogens (primary N) is 1. The molecule has 0 fully saturated rings. The smallest absolute Gasteiger partial charge is 0.416 e. The number of anilines is 2. The van der Waals surface area contributed by atoms with E-state index >= 15 is 0 Å². The number of hydrogen-bond donors (Lipinski definition) is 2. The zero-order valence-electron chi connectivity index (χ0n) is 18.5. The molecule has 3 N–H and O–H groups in total. The van der Waals surface area contributed by atoms with Gasteiger partial charge in [0.1, 0.15) is 30.7 Å². The van der Waals surface area contributed by atoms with Crippen molar-refractivity contribution in [2.45, 2.75) is 25.8 Å². The molecule has 0 atom stereocenters. The highest BCUT2D eigenvalue weighted by molar-refractivity contribution is 5.91. The predicted octanol–water partition coefficient (Wildman–Crippen LogP) is 4.51. The lowest BCUT2D eigenvalue weighted by molar-refractivity contribution is -0.175. The second-order valence-electron chi connectivity index (χ2n) is 7.28. The average Bonchev–Trinajstić information content (AvgIpc) is 2.75. The second-order valence-corrected chi connectivity index (χ2v) is 7.28. The predicted molar refractivity (Wildman–Crippen MR) is 114 cm³/mol. The Bertz CT molecular complexity index is 1190. The van der Waals surface area contributed by atoms with E-state index < -0.39 is 24.5 Å². The first-order valence-corrected chi connectivity index (χ1v) is 10.1. The summed E-state index contributed by atoms with van der Waals surface area (Å²) < 4.78 is 91.2. The summed E-state index contributed by atoms with van der Waals surface area (Å²) >= 11 is 0. The van der Waals surface area contributed by atoms with Gasteiger partial charge in [0.2, 0.25) is 0 Å². The van der Waals surface area contributed by atoms with Gasteiger partial charge in [0.15, 0.2) is 11.5 Å². The Balaban J connectivity index is 1.83. The topological polar surface area (TPSA) is 104 Å². The van der Waals surface area contributed by atoms with Crippen LogP contribution in [0.3, 0.4) is 0 Å². The van der Waals surface area contributed by atoms with Crippen LogP contribution in [0.1, 0.15) is 17.1 Å². The molecule has 8 nitrogen and oxygen atoms in total. The summed E-state index contributed by atoms with van der Waals surface area (Å²) in [4.78, 5) is 12.5. The molecule has 0 bridgehead atoms. The summed E-state index contributed by atoms with van der Waals surface area (Å²) in [5.41, 5.74) is 5.06. The molecular weight excluding hydrogens is 484 g/mol. The van der Waals surface area contributed by atoms with E-state index in [1.165, 1.54) is 13.2 Å². The Hall–Kier alpha value is -3.55. The number of aromatic nitrogens is 3. The SMILES string of the molecule is COc1cc2nc(C)nc(NCc3cc(C(F)(F)F)cc(N)n3)c2cc1OCCOCC(F)(F)F. The molecule has 2 aromatic heterocycles. The lowest BCUT2D eigenvalue weighted by atomic mass is 10.2. The Labute approximate surface area is 195 Å². The van der Waals surface area contributed by atoms with Crippen LogP contribution in [0.4, 0.5) is 38.0 Å². The molecule has 0 unspecified atom stereocenters. The molecule has 3 aromatic rings. The van der Waals surface area contributed by atoms with Crippen LogP contribution in [0, 0.1) is 6.92 Å². The van der Waals surface area contributed by atoms with Gasteiger partial charge < -0.3 is 25.3 Å². The van der Waals surface area contributed by atoms with Crippen molar-refractivity contribution in [3.8, 4) is 11.5 Å². The van der Waals surface area contributed by atoms with Crippen molar-refractivity contribution >= 4 is 22.5 Å². The molecular formula is C21H21F6N5O3. The van der Waals surface area contributed by atoms with Gasteiger partial charge in [-0.2, -0.15) is 26.3 Å². The van der Waals surface area contributed by atoms with Crippen LogP contribution in [-0.2, 0) is 17.5 Å². The Kier molecular flexibility index (Phi) is 7.73. The first-order chi connectivity index (χ1) is 16.4. The van der Waals surface area contributed by atoms with E-state index in [-0.39, 0.29) is 48.6 Å². The molecule has 3 rings (SSSR count). The number of benzene rings is 1. The lowest BCUT2D eigenvalue weighted by Gasteiger charge is -2.15. The zero-order valence-corrected chi connectivity index (χ0v) is 18.5. The van der Waals surface area contributed by atoms with Crippen molar-refractivity contribution < 1.29 is 40.6 Å². The highest BCUT2D eigenvalue weighted by Crippen LogP contribution is 2.35. The molecule has 0 aliphatic rings. The minimum absolute atomic E-state index is 0.0357. The van der Waals surface area contributed by atoms with Crippen LogP contribution in [0.15, 0.2) is 24.3 Å². The van der Waals surface area contributed by atoms with Crippen molar-refractivity contribution in [3.63, 3.8) is 0 Å². The number of hydrogen-bond acceptors (Lipinski definition) is 8. The van der Waals surface area contributed by atoms with Crippen LogP contribution in [-0.4, -0.2) is 48.1 Å². The fourth-order valence-electron chi connectivity index (χ4n) is 3.10. The first-order valence-electron chi connectivity index (χ1n) is 10.1. The van der Waals surface area contributed by atoms with Gasteiger partial charge in [0.05, 0.1) is 37.0 Å². The molecule has 0 saturated carbocycles. The fraction of sp³-hybridized carbons (Fsp3) is 0.381. The third-order valence-electron chi connectivity index (χ3n) is 4.51. The molecule has 0 radical (unpaired) electrons. The van der Waals surface area contributed by atoms with Crippen LogP contribution in [0.2, 0.25) is 0 Å². The molecule has 190 valence electrons. The van der Waals surface area contributed by atoms with Gasteiger partial charge in [-0.25, -0.2) is 15.0 Å². The van der Waals surface area contributed by atoms with Crippen molar-refractivity contribution in [2.75, 3.05) is 38.0 Å². The molecule has 14 heteroatoms. The fourth-order valence-corrected chi connectivity index (χ4v) is 3.10. The van der Waals surface area contributed by atoms with E-state index in [0.717, 1.165) is 12.1 Å². The number of aryl methyl sites for hydroxylation is 1. The van der Waals surface area contributed by atoms with Crippen LogP contribution < -0.4 is 20.5 Å². The Morgan fingerprint density at radius 1 is 0.943 bits per heavy atom. The maximum atomic E-state index is 13.1. The van der Waals surface area contributed by atoms with Crippen LogP contribution >= 0.6 is 0 Å². The quantitative estimate of drug-likeness (QED) is 0.323. The Morgan fingerprint density at radius 3 is 2.34 bits per heavy atom. The number of halogens is 6. The number of alkyl halides is 6. The number of fused-ring (bicyclic) bond motifs is 1. The van der Waals surface area contributed by atoms with Gasteiger partial charge in [-0.1, -0.05) is 0 Å². The van der Waals surface area contributed by atoms with Gasteiger partial charge in [-0.15, -0.1) is 0 Å². The molecule has 35 heavy (non-hydrogen) atoms. The summed E-state index contributed by atoms with van der Waals surface area (Å²) in [6.07, 6.45) is -9.04. The molecule has 0 aliphatic heterocycles. The first kappa shape index (κ1) is 26.1. The number of nitrogens with zero attached hydrogens (tertiary/aromatic N) is 3. The standard InChI is InChI=1S/C21H21F6N5O3/c1-11-30-15-8-16(33-2)17(35-4-3-34-10-20(22,23)24)7-14(15)19(31-11)29-9-13-5-12(21(25,26)27)6-18(28)32-13/h5-8H,3-4,9-10H2,1-2H3,(H2,28,32)(H,29,30,31). The van der Waals surface area contributed by atoms with E-state index in [2.05, 4.69) is 25.0 Å². The van der Waals surface area contributed by atoms with Gasteiger partial charge in [0.25, 0.3) is 0 Å². The van der Waals surface area contributed by atoms with Crippen molar-refractivity contribution in [1.82, 2.24) is 15.0 Å². The van der Waals surface area contributed by atoms with Crippen molar-refractivity contribution in [2.24, 2.45) is 0 Å². The van der Waals surface area contributed by atoms with Gasteiger partial charge >= 0.3 is 12.4 Å². The van der Waals surface area contributed by atoms with E-state index in [0.29, 0.717) is 16.7 Å². The minimum atomic E-state index is -4.59. The van der Waals surface area contributed by atoms with E-state index in [1.807, 2.05) is 0 Å². The maximum Gasteiger partial charge on any atom is 0.416 e. The minimum Gasteiger partial charge on any atom is -0.493 e. The molecule has 0 amide bonds. The normalized spacial score (nSPS) is 12.1. The zero-order chi connectivity index (χ0) is 25.8. The number of ether oxygens (including phenoxy) is 3. The summed E-state index contributed by atoms with van der Waals surface area (Å²) in [7, 11) is 1.38. The highest BCUT2D eigenvalue weighted by atomic mass is 19.4. The number of methoxy groups -OCH3 is 1.